The zero-order valence-electron chi connectivity index (χ0n) is 14.0. The SMILES string of the molecule is CC(=S)N1CCN(c2ccc(N3C[C@H](CN)OC3=O)cc2F)CCO1. The number of carbonyl (C=O) groups is 1. The lowest BCUT2D eigenvalue weighted by Crippen LogP contribution is -2.32. The highest BCUT2D eigenvalue weighted by atomic mass is 32.1. The average Bonchev–Trinajstić information content (AvgIpc) is 2.80. The molecule has 2 aliphatic rings. The van der Waals surface area contributed by atoms with Crippen molar-refractivity contribution in [2.75, 3.05) is 49.1 Å². The van der Waals surface area contributed by atoms with Gasteiger partial charge in [-0.3, -0.25) is 9.74 Å². The first-order valence-electron chi connectivity index (χ1n) is 8.13. The Labute approximate surface area is 151 Å². The van der Waals surface area contributed by atoms with E-state index in [0.29, 0.717) is 49.1 Å². The van der Waals surface area contributed by atoms with E-state index >= 15 is 0 Å². The van der Waals surface area contributed by atoms with Gasteiger partial charge in [0.1, 0.15) is 16.9 Å². The number of nitrogens with two attached hydrogens (primary N) is 1. The molecule has 0 aromatic heterocycles. The summed E-state index contributed by atoms with van der Waals surface area (Å²) in [7, 11) is 0. The van der Waals surface area contributed by atoms with Gasteiger partial charge in [-0.1, -0.05) is 12.2 Å². The molecule has 3 rings (SSSR count). The van der Waals surface area contributed by atoms with Gasteiger partial charge in [-0.25, -0.2) is 14.2 Å². The van der Waals surface area contributed by atoms with E-state index in [1.165, 1.54) is 11.0 Å². The van der Waals surface area contributed by atoms with Crippen molar-refractivity contribution in [2.24, 2.45) is 5.73 Å². The Bertz CT molecular complexity index is 675. The van der Waals surface area contributed by atoms with Gasteiger partial charge in [-0.05, 0) is 25.1 Å². The lowest BCUT2D eigenvalue weighted by Gasteiger charge is -2.24. The third-order valence-corrected chi connectivity index (χ3v) is 4.46. The minimum absolute atomic E-state index is 0.242. The second-order valence-electron chi connectivity index (χ2n) is 5.93. The Morgan fingerprint density at radius 2 is 2.20 bits per heavy atom. The number of rotatable bonds is 3. The lowest BCUT2D eigenvalue weighted by atomic mass is 10.2. The molecule has 7 nitrogen and oxygen atoms in total. The van der Waals surface area contributed by atoms with Crippen LogP contribution in [0, 0.1) is 5.82 Å². The predicted molar refractivity (Wildman–Crippen MR) is 96.2 cm³/mol. The smallest absolute Gasteiger partial charge is 0.414 e. The van der Waals surface area contributed by atoms with E-state index in [-0.39, 0.29) is 12.6 Å². The van der Waals surface area contributed by atoms with E-state index in [4.69, 9.17) is 27.5 Å². The van der Waals surface area contributed by atoms with Crippen molar-refractivity contribution in [3.63, 3.8) is 0 Å². The number of amides is 1. The third kappa shape index (κ3) is 3.83. The van der Waals surface area contributed by atoms with E-state index in [1.54, 1.807) is 24.1 Å². The summed E-state index contributed by atoms with van der Waals surface area (Å²) in [6, 6.07) is 4.74. The number of hydroxylamine groups is 2. The van der Waals surface area contributed by atoms with Crippen molar-refractivity contribution in [2.45, 2.75) is 13.0 Å². The number of ether oxygens (including phenoxy) is 1. The Kier molecular flexibility index (Phi) is 5.36. The van der Waals surface area contributed by atoms with Gasteiger partial charge in [0.05, 0.1) is 31.1 Å². The largest absolute Gasteiger partial charge is 0.443 e. The second-order valence-corrected chi connectivity index (χ2v) is 6.52. The summed E-state index contributed by atoms with van der Waals surface area (Å²) in [6.45, 7) is 4.49. The Morgan fingerprint density at radius 3 is 2.84 bits per heavy atom. The van der Waals surface area contributed by atoms with Crippen LogP contribution in [0.25, 0.3) is 0 Å². The molecule has 1 aromatic carbocycles. The van der Waals surface area contributed by atoms with E-state index in [2.05, 4.69) is 0 Å². The summed E-state index contributed by atoms with van der Waals surface area (Å²) in [5.74, 6) is -0.394. The minimum atomic E-state index is -0.502. The first-order chi connectivity index (χ1) is 12.0. The van der Waals surface area contributed by atoms with Gasteiger partial charge in [0.25, 0.3) is 0 Å². The highest BCUT2D eigenvalue weighted by Gasteiger charge is 2.32. The van der Waals surface area contributed by atoms with E-state index in [9.17, 15) is 9.18 Å². The molecular weight excluding hydrogens is 347 g/mol. The predicted octanol–water partition coefficient (Wildman–Crippen LogP) is 1.51. The molecule has 0 unspecified atom stereocenters. The molecule has 2 fully saturated rings. The summed E-state index contributed by atoms with van der Waals surface area (Å²) in [5.41, 5.74) is 6.46. The maximum atomic E-state index is 14.7. The Hall–Kier alpha value is -1.97. The number of cyclic esters (lactones) is 1. The molecule has 1 amide bonds. The quantitative estimate of drug-likeness (QED) is 0.811. The topological polar surface area (TPSA) is 71.3 Å². The third-order valence-electron chi connectivity index (χ3n) is 4.25. The number of thiocarbonyl (C=S) groups is 1. The fraction of sp³-hybridized carbons (Fsp3) is 0.500. The van der Waals surface area contributed by atoms with Crippen LogP contribution in [0.4, 0.5) is 20.6 Å². The zero-order chi connectivity index (χ0) is 18.0. The molecule has 0 radical (unpaired) electrons. The zero-order valence-corrected chi connectivity index (χ0v) is 14.8. The number of nitrogens with zero attached hydrogens (tertiary/aromatic N) is 3. The van der Waals surface area contributed by atoms with Crippen molar-refractivity contribution >= 4 is 34.7 Å². The molecule has 0 bridgehead atoms. The number of hydrogen-bond donors (Lipinski definition) is 1. The van der Waals surface area contributed by atoms with E-state index < -0.39 is 11.9 Å². The van der Waals surface area contributed by atoms with Crippen LogP contribution in [0.5, 0.6) is 0 Å². The van der Waals surface area contributed by atoms with Crippen LogP contribution in [0.15, 0.2) is 18.2 Å². The van der Waals surface area contributed by atoms with Gasteiger partial charge in [0.2, 0.25) is 0 Å². The molecule has 2 heterocycles. The fourth-order valence-corrected chi connectivity index (χ4v) is 3.06. The van der Waals surface area contributed by atoms with Gasteiger partial charge in [0, 0.05) is 19.6 Å². The number of halogens is 1. The van der Waals surface area contributed by atoms with Crippen LogP contribution < -0.4 is 15.5 Å². The van der Waals surface area contributed by atoms with Crippen molar-refractivity contribution < 1.29 is 18.8 Å². The van der Waals surface area contributed by atoms with E-state index in [0.717, 1.165) is 0 Å². The summed E-state index contributed by atoms with van der Waals surface area (Å²) >= 11 is 5.12. The van der Waals surface area contributed by atoms with Crippen LogP contribution in [0.3, 0.4) is 0 Å². The summed E-state index contributed by atoms with van der Waals surface area (Å²) in [4.78, 5) is 21.4. The standard InChI is InChI=1S/C16H21FN4O3S/c1-11(25)21-5-4-19(6-7-23-21)15-3-2-12(8-14(15)17)20-10-13(9-18)24-16(20)22/h2-3,8,13H,4-7,9-10,18H2,1H3/t13-/m0/s1. The summed E-state index contributed by atoms with van der Waals surface area (Å²) in [5, 5.41) is 1.65. The molecule has 2 N–H and O–H groups in total. The van der Waals surface area contributed by atoms with Crippen molar-refractivity contribution in [1.82, 2.24) is 5.06 Å². The molecule has 0 spiro atoms. The second kappa shape index (κ2) is 7.51. The monoisotopic (exact) mass is 368 g/mol. The van der Waals surface area contributed by atoms with Gasteiger partial charge in [-0.2, -0.15) is 0 Å². The molecule has 0 aliphatic carbocycles. The van der Waals surface area contributed by atoms with Gasteiger partial charge in [-0.15, -0.1) is 0 Å². The van der Waals surface area contributed by atoms with Crippen LogP contribution in [0.2, 0.25) is 0 Å². The molecule has 0 saturated carbocycles. The van der Waals surface area contributed by atoms with Crippen molar-refractivity contribution in [3.8, 4) is 0 Å². The van der Waals surface area contributed by atoms with Gasteiger partial charge < -0.3 is 15.4 Å². The van der Waals surface area contributed by atoms with Crippen LogP contribution in [-0.4, -0.2) is 61.6 Å². The average molecular weight is 368 g/mol. The maximum Gasteiger partial charge on any atom is 0.414 e. The number of hydrogen-bond acceptors (Lipinski definition) is 6. The molecular formula is C16H21FN4O3S. The van der Waals surface area contributed by atoms with Crippen molar-refractivity contribution in [1.29, 1.82) is 0 Å². The summed E-state index contributed by atoms with van der Waals surface area (Å²) < 4.78 is 19.8. The van der Waals surface area contributed by atoms with E-state index in [1.807, 2.05) is 4.90 Å². The molecule has 2 aliphatic heterocycles. The Morgan fingerprint density at radius 1 is 1.40 bits per heavy atom. The normalized spacial score (nSPS) is 21.3. The van der Waals surface area contributed by atoms with Gasteiger partial charge >= 0.3 is 6.09 Å². The highest BCUT2D eigenvalue weighted by molar-refractivity contribution is 7.80. The minimum Gasteiger partial charge on any atom is -0.443 e. The highest BCUT2D eigenvalue weighted by Crippen LogP contribution is 2.28. The summed E-state index contributed by atoms with van der Waals surface area (Å²) in [6.07, 6.45) is -0.861. The van der Waals surface area contributed by atoms with Crippen LogP contribution >= 0.6 is 12.2 Å². The lowest BCUT2D eigenvalue weighted by molar-refractivity contribution is -0.0835. The van der Waals surface area contributed by atoms with Crippen molar-refractivity contribution in [3.05, 3.63) is 24.0 Å². The molecule has 1 aromatic rings. The van der Waals surface area contributed by atoms with Crippen LogP contribution in [-0.2, 0) is 9.57 Å². The molecule has 136 valence electrons. The Balaban J connectivity index is 1.74. The number of anilines is 2. The maximum absolute atomic E-state index is 14.7. The number of carbonyl (C=O) groups excluding carboxylic acids is 1. The number of benzene rings is 1. The first kappa shape index (κ1) is 17.8. The molecule has 2 saturated heterocycles. The fourth-order valence-electron chi connectivity index (χ4n) is 2.91. The first-order valence-corrected chi connectivity index (χ1v) is 8.54. The van der Waals surface area contributed by atoms with Crippen LogP contribution in [0.1, 0.15) is 6.92 Å². The molecule has 25 heavy (non-hydrogen) atoms. The molecule has 9 heteroatoms. The van der Waals surface area contributed by atoms with Gasteiger partial charge in [0.15, 0.2) is 0 Å². The molecule has 1 atom stereocenters.